The summed E-state index contributed by atoms with van der Waals surface area (Å²) in [6.07, 6.45) is 2.90. The molecule has 12 heavy (non-hydrogen) atoms. The van der Waals surface area contributed by atoms with E-state index >= 15 is 0 Å². The van der Waals surface area contributed by atoms with Crippen LogP contribution in [0.3, 0.4) is 0 Å². The molecule has 0 N–H and O–H groups in total. The van der Waals surface area contributed by atoms with E-state index in [0.29, 0.717) is 16.7 Å². The van der Waals surface area contributed by atoms with Gasteiger partial charge in [-0.3, -0.25) is 9.36 Å². The number of hydrogen-bond donors (Lipinski definition) is 0. The molecule has 2 aromatic rings. The molecule has 0 spiro atoms. The second kappa shape index (κ2) is 2.20. The zero-order valence-corrected chi connectivity index (χ0v) is 6.87. The van der Waals surface area contributed by atoms with Crippen molar-refractivity contribution in [2.75, 3.05) is 0 Å². The maximum atomic E-state index is 11.5. The summed E-state index contributed by atoms with van der Waals surface area (Å²) in [7, 11) is 1.69. The van der Waals surface area contributed by atoms with Gasteiger partial charge in [-0.05, 0) is 6.92 Å². The normalized spacial score (nSPS) is 10.8. The lowest BCUT2D eigenvalue weighted by Crippen LogP contribution is -2.19. The molecule has 0 aromatic carbocycles. The molecule has 0 saturated carbocycles. The van der Waals surface area contributed by atoms with E-state index in [0.717, 1.165) is 0 Å². The molecule has 0 amide bonds. The first-order valence-electron chi connectivity index (χ1n) is 3.59. The van der Waals surface area contributed by atoms with E-state index in [1.165, 1.54) is 17.1 Å². The summed E-state index contributed by atoms with van der Waals surface area (Å²) in [5.41, 5.74) is 0.557. The average molecular weight is 164 g/mol. The highest BCUT2D eigenvalue weighted by molar-refractivity contribution is 5.75. The summed E-state index contributed by atoms with van der Waals surface area (Å²) < 4.78 is 6.38. The van der Waals surface area contributed by atoms with Gasteiger partial charge in [0, 0.05) is 7.05 Å². The van der Waals surface area contributed by atoms with Crippen molar-refractivity contribution < 1.29 is 4.42 Å². The van der Waals surface area contributed by atoms with Crippen LogP contribution in [-0.2, 0) is 7.05 Å². The van der Waals surface area contributed by atoms with Gasteiger partial charge in [-0.15, -0.1) is 0 Å². The van der Waals surface area contributed by atoms with Crippen molar-refractivity contribution in [3.05, 3.63) is 28.7 Å². The average Bonchev–Trinajstić information content (AvgIpc) is 2.48. The van der Waals surface area contributed by atoms with Crippen LogP contribution < -0.4 is 5.56 Å². The molecule has 62 valence electrons. The first-order chi connectivity index (χ1) is 5.70. The Hall–Kier alpha value is -1.58. The minimum absolute atomic E-state index is 0.0637. The van der Waals surface area contributed by atoms with Crippen molar-refractivity contribution in [2.45, 2.75) is 6.92 Å². The van der Waals surface area contributed by atoms with E-state index in [4.69, 9.17) is 4.42 Å². The number of aryl methyl sites for hydroxylation is 1. The van der Waals surface area contributed by atoms with Crippen LogP contribution in [0.25, 0.3) is 10.9 Å². The third kappa shape index (κ3) is 0.777. The van der Waals surface area contributed by atoms with Crippen molar-refractivity contribution in [1.29, 1.82) is 0 Å². The lowest BCUT2D eigenvalue weighted by molar-refractivity contribution is 0.571. The summed E-state index contributed by atoms with van der Waals surface area (Å²) in [6, 6.07) is 0. The van der Waals surface area contributed by atoms with Crippen LogP contribution in [0.4, 0.5) is 0 Å². The molecule has 2 rings (SSSR count). The molecule has 0 radical (unpaired) electrons. The largest absolute Gasteiger partial charge is 0.469 e. The number of aromatic nitrogens is 2. The zero-order chi connectivity index (χ0) is 8.72. The van der Waals surface area contributed by atoms with Crippen molar-refractivity contribution in [3.63, 3.8) is 0 Å². The number of furan rings is 1. The predicted molar refractivity (Wildman–Crippen MR) is 44.0 cm³/mol. The first-order valence-corrected chi connectivity index (χ1v) is 3.59. The van der Waals surface area contributed by atoms with Crippen LogP contribution in [0.15, 0.2) is 21.7 Å². The third-order valence-electron chi connectivity index (χ3n) is 1.94. The molecule has 0 saturated heterocycles. The lowest BCUT2D eigenvalue weighted by Gasteiger charge is -1.99. The Morgan fingerprint density at radius 1 is 1.50 bits per heavy atom. The van der Waals surface area contributed by atoms with E-state index < -0.39 is 0 Å². The SMILES string of the molecule is Cc1nc2cocc2c(=O)n1C. The Balaban J connectivity index is 3.05. The van der Waals surface area contributed by atoms with Gasteiger partial charge in [0.15, 0.2) is 0 Å². The van der Waals surface area contributed by atoms with Crippen molar-refractivity contribution in [2.24, 2.45) is 7.05 Å². The van der Waals surface area contributed by atoms with Gasteiger partial charge in [0.05, 0.1) is 0 Å². The van der Waals surface area contributed by atoms with E-state index in [9.17, 15) is 4.79 Å². The molecule has 0 aliphatic heterocycles. The second-order valence-corrected chi connectivity index (χ2v) is 2.69. The topological polar surface area (TPSA) is 48.0 Å². The van der Waals surface area contributed by atoms with Gasteiger partial charge in [-0.1, -0.05) is 0 Å². The van der Waals surface area contributed by atoms with E-state index in [2.05, 4.69) is 4.98 Å². The molecule has 4 heteroatoms. The summed E-state index contributed by atoms with van der Waals surface area (Å²) in [6.45, 7) is 1.79. The van der Waals surface area contributed by atoms with E-state index in [-0.39, 0.29) is 5.56 Å². The van der Waals surface area contributed by atoms with Crippen molar-refractivity contribution in [1.82, 2.24) is 9.55 Å². The highest BCUT2D eigenvalue weighted by Crippen LogP contribution is 2.07. The summed E-state index contributed by atoms with van der Waals surface area (Å²) in [5, 5.41) is 0.531. The minimum Gasteiger partial charge on any atom is -0.469 e. The fourth-order valence-electron chi connectivity index (χ4n) is 1.11. The predicted octanol–water partition coefficient (Wildman–Crippen LogP) is 0.835. The monoisotopic (exact) mass is 164 g/mol. The lowest BCUT2D eigenvalue weighted by atomic mass is 10.4. The van der Waals surface area contributed by atoms with Crippen LogP contribution in [0, 0.1) is 6.92 Å². The fraction of sp³-hybridized carbons (Fsp3) is 0.250. The van der Waals surface area contributed by atoms with Gasteiger partial charge in [0.25, 0.3) is 5.56 Å². The van der Waals surface area contributed by atoms with Crippen LogP contribution in [-0.4, -0.2) is 9.55 Å². The Labute approximate surface area is 68.4 Å². The van der Waals surface area contributed by atoms with Crippen LogP contribution in [0.5, 0.6) is 0 Å². The number of rotatable bonds is 0. The first kappa shape index (κ1) is 7.09. The van der Waals surface area contributed by atoms with Gasteiger partial charge in [-0.2, -0.15) is 0 Å². The van der Waals surface area contributed by atoms with E-state index in [1.54, 1.807) is 14.0 Å². The molecule has 0 unspecified atom stereocenters. The fourth-order valence-corrected chi connectivity index (χ4v) is 1.11. The molecule has 2 heterocycles. The van der Waals surface area contributed by atoms with Crippen molar-refractivity contribution >= 4 is 10.9 Å². The Morgan fingerprint density at radius 3 is 3.00 bits per heavy atom. The Bertz CT molecular complexity index is 481. The number of hydrogen-bond acceptors (Lipinski definition) is 3. The molecule has 2 aromatic heterocycles. The quantitative estimate of drug-likeness (QED) is 0.579. The maximum absolute atomic E-state index is 11.5. The molecule has 0 atom stereocenters. The smallest absolute Gasteiger partial charge is 0.264 e. The zero-order valence-electron chi connectivity index (χ0n) is 6.87. The van der Waals surface area contributed by atoms with Gasteiger partial charge in [0.1, 0.15) is 29.3 Å². The Morgan fingerprint density at radius 2 is 2.25 bits per heavy atom. The standard InChI is InChI=1S/C8H8N2O2/c1-5-9-7-4-12-3-6(7)8(11)10(5)2/h3-4H,1-2H3. The molecule has 0 aliphatic rings. The van der Waals surface area contributed by atoms with E-state index in [1.807, 2.05) is 0 Å². The molecule has 0 bridgehead atoms. The van der Waals surface area contributed by atoms with Gasteiger partial charge >= 0.3 is 0 Å². The van der Waals surface area contributed by atoms with Crippen LogP contribution in [0.2, 0.25) is 0 Å². The molecule has 4 nitrogen and oxygen atoms in total. The molecule has 0 fully saturated rings. The highest BCUT2D eigenvalue weighted by Gasteiger charge is 2.05. The van der Waals surface area contributed by atoms with Crippen LogP contribution in [0.1, 0.15) is 5.82 Å². The van der Waals surface area contributed by atoms with Gasteiger partial charge < -0.3 is 4.42 Å². The number of nitrogens with zero attached hydrogens (tertiary/aromatic N) is 2. The van der Waals surface area contributed by atoms with Crippen molar-refractivity contribution in [3.8, 4) is 0 Å². The molecule has 0 aliphatic carbocycles. The second-order valence-electron chi connectivity index (χ2n) is 2.69. The summed E-state index contributed by atoms with van der Waals surface area (Å²) >= 11 is 0. The maximum Gasteiger partial charge on any atom is 0.264 e. The summed E-state index contributed by atoms with van der Waals surface area (Å²) in [5.74, 6) is 0.689. The Kier molecular flexibility index (Phi) is 1.30. The third-order valence-corrected chi connectivity index (χ3v) is 1.94. The highest BCUT2D eigenvalue weighted by atomic mass is 16.3. The summed E-state index contributed by atoms with van der Waals surface area (Å²) in [4.78, 5) is 15.6. The molecular weight excluding hydrogens is 156 g/mol. The number of fused-ring (bicyclic) bond motifs is 1. The van der Waals surface area contributed by atoms with Gasteiger partial charge in [-0.25, -0.2) is 4.98 Å². The van der Waals surface area contributed by atoms with Gasteiger partial charge in [0.2, 0.25) is 0 Å². The minimum atomic E-state index is -0.0637. The molecular formula is C8H8N2O2. The van der Waals surface area contributed by atoms with Crippen LogP contribution >= 0.6 is 0 Å².